The van der Waals surface area contributed by atoms with E-state index in [1.54, 1.807) is 6.92 Å². The standard InChI is InChI=1S/C15H23NO3/c1-10(2)16-15(5,14(17)18)9-19-13-7-11(3)6-12(4)8-13/h6-8,10,16H,9H2,1-5H3,(H,17,18). The Kier molecular flexibility index (Phi) is 4.95. The lowest BCUT2D eigenvalue weighted by molar-refractivity contribution is -0.145. The SMILES string of the molecule is Cc1cc(C)cc(OCC(C)(NC(C)C)C(=O)O)c1. The maximum atomic E-state index is 11.4. The smallest absolute Gasteiger partial charge is 0.327 e. The molecule has 1 aromatic rings. The molecule has 106 valence electrons. The molecule has 4 nitrogen and oxygen atoms in total. The Labute approximate surface area is 114 Å². The van der Waals surface area contributed by atoms with E-state index >= 15 is 0 Å². The molecule has 0 bridgehead atoms. The van der Waals surface area contributed by atoms with E-state index in [9.17, 15) is 9.90 Å². The first kappa shape index (κ1) is 15.5. The number of aliphatic carboxylic acids is 1. The molecule has 0 aliphatic rings. The second-order valence-corrected chi connectivity index (χ2v) is 5.55. The highest BCUT2D eigenvalue weighted by molar-refractivity contribution is 5.78. The summed E-state index contributed by atoms with van der Waals surface area (Å²) in [4.78, 5) is 11.4. The number of hydrogen-bond donors (Lipinski definition) is 2. The molecule has 2 N–H and O–H groups in total. The highest BCUT2D eigenvalue weighted by Gasteiger charge is 2.34. The van der Waals surface area contributed by atoms with Gasteiger partial charge in [-0.05, 0) is 57.9 Å². The zero-order valence-corrected chi connectivity index (χ0v) is 12.3. The Morgan fingerprint density at radius 1 is 1.32 bits per heavy atom. The maximum absolute atomic E-state index is 11.4. The topological polar surface area (TPSA) is 58.6 Å². The van der Waals surface area contributed by atoms with Crippen molar-refractivity contribution in [3.8, 4) is 5.75 Å². The van der Waals surface area contributed by atoms with Crippen molar-refractivity contribution in [3.05, 3.63) is 29.3 Å². The average Bonchev–Trinajstić information content (AvgIpc) is 2.24. The molecule has 4 heteroatoms. The molecule has 0 radical (unpaired) electrons. The van der Waals surface area contributed by atoms with Crippen LogP contribution in [0.3, 0.4) is 0 Å². The fraction of sp³-hybridized carbons (Fsp3) is 0.533. The molecule has 1 atom stereocenters. The summed E-state index contributed by atoms with van der Waals surface area (Å²) in [7, 11) is 0. The monoisotopic (exact) mass is 265 g/mol. The van der Waals surface area contributed by atoms with Crippen LogP contribution in [-0.4, -0.2) is 29.3 Å². The molecule has 0 saturated carbocycles. The molecule has 0 spiro atoms. The van der Waals surface area contributed by atoms with Crippen LogP contribution in [0.1, 0.15) is 31.9 Å². The Bertz CT molecular complexity index is 436. The van der Waals surface area contributed by atoms with Crippen LogP contribution >= 0.6 is 0 Å². The summed E-state index contributed by atoms with van der Waals surface area (Å²) >= 11 is 0. The zero-order valence-electron chi connectivity index (χ0n) is 12.3. The van der Waals surface area contributed by atoms with E-state index in [1.807, 2.05) is 39.8 Å². The van der Waals surface area contributed by atoms with Crippen LogP contribution in [-0.2, 0) is 4.79 Å². The van der Waals surface area contributed by atoms with Crippen molar-refractivity contribution in [2.75, 3.05) is 6.61 Å². The summed E-state index contributed by atoms with van der Waals surface area (Å²) in [6, 6.07) is 5.94. The molecule has 0 fully saturated rings. The lowest BCUT2D eigenvalue weighted by Crippen LogP contribution is -2.56. The van der Waals surface area contributed by atoms with E-state index in [1.165, 1.54) is 0 Å². The van der Waals surface area contributed by atoms with Gasteiger partial charge in [-0.25, -0.2) is 0 Å². The molecule has 0 aromatic heterocycles. The van der Waals surface area contributed by atoms with Gasteiger partial charge in [-0.2, -0.15) is 0 Å². The third-order valence-corrected chi connectivity index (χ3v) is 2.80. The summed E-state index contributed by atoms with van der Waals surface area (Å²) in [6.45, 7) is 9.53. The molecule has 0 aliphatic carbocycles. The van der Waals surface area contributed by atoms with E-state index in [2.05, 4.69) is 11.4 Å². The highest BCUT2D eigenvalue weighted by Crippen LogP contribution is 2.18. The van der Waals surface area contributed by atoms with Gasteiger partial charge < -0.3 is 9.84 Å². The zero-order chi connectivity index (χ0) is 14.6. The molecule has 1 aromatic carbocycles. The number of aryl methyl sites for hydroxylation is 2. The van der Waals surface area contributed by atoms with Gasteiger partial charge in [-0.15, -0.1) is 0 Å². The van der Waals surface area contributed by atoms with Gasteiger partial charge >= 0.3 is 5.97 Å². The molecule has 19 heavy (non-hydrogen) atoms. The summed E-state index contributed by atoms with van der Waals surface area (Å²) < 4.78 is 5.65. The summed E-state index contributed by atoms with van der Waals surface area (Å²) in [6.07, 6.45) is 0. The Hall–Kier alpha value is -1.55. The third kappa shape index (κ3) is 4.56. The van der Waals surface area contributed by atoms with Gasteiger partial charge in [0.2, 0.25) is 0 Å². The van der Waals surface area contributed by atoms with Crippen molar-refractivity contribution in [2.24, 2.45) is 0 Å². The van der Waals surface area contributed by atoms with Gasteiger partial charge in [-0.3, -0.25) is 10.1 Å². The van der Waals surface area contributed by atoms with Crippen molar-refractivity contribution in [3.63, 3.8) is 0 Å². The Balaban J connectivity index is 2.79. The molecule has 0 heterocycles. The van der Waals surface area contributed by atoms with Gasteiger partial charge in [0.15, 0.2) is 0 Å². The maximum Gasteiger partial charge on any atom is 0.327 e. The second kappa shape index (κ2) is 6.06. The lowest BCUT2D eigenvalue weighted by Gasteiger charge is -2.28. The normalized spacial score (nSPS) is 14.2. The molecule has 0 amide bonds. The van der Waals surface area contributed by atoms with Gasteiger partial charge in [0.1, 0.15) is 17.9 Å². The van der Waals surface area contributed by atoms with E-state index in [0.717, 1.165) is 11.1 Å². The van der Waals surface area contributed by atoms with Gasteiger partial charge in [0.25, 0.3) is 0 Å². The molecular weight excluding hydrogens is 242 g/mol. The van der Waals surface area contributed by atoms with Crippen LogP contribution in [0.5, 0.6) is 5.75 Å². The first-order valence-electron chi connectivity index (χ1n) is 6.45. The Morgan fingerprint density at radius 3 is 2.26 bits per heavy atom. The Morgan fingerprint density at radius 2 is 1.84 bits per heavy atom. The number of carbonyl (C=O) groups is 1. The summed E-state index contributed by atoms with van der Waals surface area (Å²) in [5, 5.41) is 12.4. The second-order valence-electron chi connectivity index (χ2n) is 5.55. The third-order valence-electron chi connectivity index (χ3n) is 2.80. The van der Waals surface area contributed by atoms with Crippen LogP contribution in [0.2, 0.25) is 0 Å². The minimum Gasteiger partial charge on any atom is -0.491 e. The van der Waals surface area contributed by atoms with Gasteiger partial charge in [-0.1, -0.05) is 6.07 Å². The number of benzene rings is 1. The van der Waals surface area contributed by atoms with E-state index < -0.39 is 11.5 Å². The average molecular weight is 265 g/mol. The van der Waals surface area contributed by atoms with Gasteiger partial charge in [0, 0.05) is 6.04 Å². The highest BCUT2D eigenvalue weighted by atomic mass is 16.5. The minimum atomic E-state index is -1.09. The number of ether oxygens (including phenoxy) is 1. The fourth-order valence-electron chi connectivity index (χ4n) is 2.05. The molecule has 1 unspecified atom stereocenters. The van der Waals surface area contributed by atoms with Crippen molar-refractivity contribution in [1.29, 1.82) is 0 Å². The van der Waals surface area contributed by atoms with E-state index in [0.29, 0.717) is 5.75 Å². The van der Waals surface area contributed by atoms with Crippen LogP contribution in [0.4, 0.5) is 0 Å². The van der Waals surface area contributed by atoms with Crippen LogP contribution in [0.25, 0.3) is 0 Å². The number of carboxylic acids is 1. The lowest BCUT2D eigenvalue weighted by atomic mass is 10.0. The predicted molar refractivity (Wildman–Crippen MR) is 75.7 cm³/mol. The first-order chi connectivity index (χ1) is 8.73. The molecular formula is C15H23NO3. The van der Waals surface area contributed by atoms with Crippen molar-refractivity contribution in [2.45, 2.75) is 46.2 Å². The molecule has 1 rings (SSSR count). The largest absolute Gasteiger partial charge is 0.491 e. The predicted octanol–water partition coefficient (Wildman–Crippen LogP) is 2.52. The van der Waals surface area contributed by atoms with Crippen LogP contribution in [0, 0.1) is 13.8 Å². The van der Waals surface area contributed by atoms with Crippen LogP contribution in [0.15, 0.2) is 18.2 Å². The molecule has 0 saturated heterocycles. The van der Waals surface area contributed by atoms with Crippen LogP contribution < -0.4 is 10.1 Å². The van der Waals surface area contributed by atoms with E-state index in [-0.39, 0.29) is 12.6 Å². The minimum absolute atomic E-state index is 0.0731. The van der Waals surface area contributed by atoms with Crippen molar-refractivity contribution < 1.29 is 14.6 Å². The number of rotatable bonds is 6. The molecule has 0 aliphatic heterocycles. The number of nitrogens with one attached hydrogen (secondary N) is 1. The van der Waals surface area contributed by atoms with Gasteiger partial charge in [0.05, 0.1) is 0 Å². The summed E-state index contributed by atoms with van der Waals surface area (Å²) in [5.74, 6) is -0.207. The quantitative estimate of drug-likeness (QED) is 0.830. The van der Waals surface area contributed by atoms with Crippen molar-refractivity contribution >= 4 is 5.97 Å². The van der Waals surface area contributed by atoms with Crippen molar-refractivity contribution in [1.82, 2.24) is 5.32 Å². The number of carboxylic acid groups (broad SMARTS) is 1. The summed E-state index contributed by atoms with van der Waals surface area (Å²) in [5.41, 5.74) is 1.11. The first-order valence-corrected chi connectivity index (χ1v) is 6.45. The number of hydrogen-bond acceptors (Lipinski definition) is 3. The van der Waals surface area contributed by atoms with E-state index in [4.69, 9.17) is 4.74 Å². The fourth-order valence-corrected chi connectivity index (χ4v) is 2.05.